The fourth-order valence-corrected chi connectivity index (χ4v) is 2.71. The number of halogens is 1. The van der Waals surface area contributed by atoms with E-state index in [1.807, 2.05) is 30.3 Å². The Bertz CT molecular complexity index is 954. The van der Waals surface area contributed by atoms with Gasteiger partial charge in [-0.1, -0.05) is 23.7 Å². The number of hydrogen-bond donors (Lipinski definition) is 3. The topological polar surface area (TPSA) is 102 Å². The normalized spacial score (nSPS) is 13.2. The van der Waals surface area contributed by atoms with Gasteiger partial charge in [0.2, 0.25) is 5.95 Å². The van der Waals surface area contributed by atoms with E-state index in [1.165, 1.54) is 19.0 Å². The highest BCUT2D eigenvalue weighted by Crippen LogP contribution is 2.39. The number of anilines is 4. The Hall–Kier alpha value is -3.11. The van der Waals surface area contributed by atoms with Crippen molar-refractivity contribution in [3.05, 3.63) is 52.8 Å². The van der Waals surface area contributed by atoms with Gasteiger partial charge in [-0.3, -0.25) is 5.10 Å². The van der Waals surface area contributed by atoms with Crippen LogP contribution in [-0.2, 0) is 6.42 Å². The molecule has 0 radical (unpaired) electrons. The molecule has 0 aliphatic heterocycles. The van der Waals surface area contributed by atoms with Crippen molar-refractivity contribution < 1.29 is 0 Å². The molecule has 0 atom stereocenters. The summed E-state index contributed by atoms with van der Waals surface area (Å²) in [7, 11) is 0. The van der Waals surface area contributed by atoms with Crippen LogP contribution in [0.25, 0.3) is 0 Å². The molecular formula is C18H16ClN7. The Balaban J connectivity index is 1.48. The second-order valence-corrected chi connectivity index (χ2v) is 6.56. The van der Waals surface area contributed by atoms with Gasteiger partial charge in [-0.15, -0.1) is 0 Å². The van der Waals surface area contributed by atoms with Gasteiger partial charge in [0.25, 0.3) is 0 Å². The van der Waals surface area contributed by atoms with Crippen molar-refractivity contribution in [2.75, 3.05) is 10.6 Å². The van der Waals surface area contributed by atoms with E-state index >= 15 is 0 Å². The van der Waals surface area contributed by atoms with Gasteiger partial charge in [-0.25, -0.2) is 4.98 Å². The maximum atomic E-state index is 8.72. The summed E-state index contributed by atoms with van der Waals surface area (Å²) >= 11 is 6.20. The maximum Gasteiger partial charge on any atom is 0.229 e. The molecule has 1 aliphatic rings. The minimum Gasteiger partial charge on any atom is -0.324 e. The first-order valence-electron chi connectivity index (χ1n) is 8.29. The standard InChI is InChI=1S/C18H16ClN7/c19-14-10-21-18(22-13-5-1-11(2-6-13)7-8-20)24-17(14)23-16-9-15(25-26-16)12-3-4-12/h1-2,5-6,9-10,12H,3-4,7H2,(H3,21,22,23,24,25,26). The molecule has 2 aromatic heterocycles. The molecule has 0 spiro atoms. The number of benzene rings is 1. The van der Waals surface area contributed by atoms with E-state index in [9.17, 15) is 0 Å². The molecule has 130 valence electrons. The van der Waals surface area contributed by atoms with Crippen LogP contribution in [0.1, 0.15) is 30.0 Å². The molecule has 26 heavy (non-hydrogen) atoms. The summed E-state index contributed by atoms with van der Waals surface area (Å²) in [5.41, 5.74) is 2.92. The molecule has 4 rings (SSSR count). The molecule has 0 bridgehead atoms. The Morgan fingerprint density at radius 1 is 1.23 bits per heavy atom. The van der Waals surface area contributed by atoms with Crippen molar-refractivity contribution >= 4 is 34.9 Å². The van der Waals surface area contributed by atoms with E-state index in [0.29, 0.717) is 34.9 Å². The second-order valence-electron chi connectivity index (χ2n) is 6.15. The average molecular weight is 366 g/mol. The summed E-state index contributed by atoms with van der Waals surface area (Å²) in [6.45, 7) is 0. The van der Waals surface area contributed by atoms with Crippen molar-refractivity contribution in [3.8, 4) is 6.07 Å². The number of nitriles is 1. The van der Waals surface area contributed by atoms with E-state index in [1.54, 1.807) is 0 Å². The maximum absolute atomic E-state index is 8.72. The second kappa shape index (κ2) is 7.02. The van der Waals surface area contributed by atoms with Crippen molar-refractivity contribution in [3.63, 3.8) is 0 Å². The number of aromatic amines is 1. The van der Waals surface area contributed by atoms with Crippen molar-refractivity contribution in [2.24, 2.45) is 0 Å². The molecule has 2 heterocycles. The highest BCUT2D eigenvalue weighted by atomic mass is 35.5. The third-order valence-corrected chi connectivity index (χ3v) is 4.38. The highest BCUT2D eigenvalue weighted by Gasteiger charge is 2.25. The lowest BCUT2D eigenvalue weighted by atomic mass is 10.1. The van der Waals surface area contributed by atoms with Crippen LogP contribution < -0.4 is 10.6 Å². The van der Waals surface area contributed by atoms with Gasteiger partial charge in [0.15, 0.2) is 11.6 Å². The molecule has 1 saturated carbocycles. The minimum atomic E-state index is 0.387. The summed E-state index contributed by atoms with van der Waals surface area (Å²) in [5.74, 6) is 2.18. The fraction of sp³-hybridized carbons (Fsp3) is 0.222. The van der Waals surface area contributed by atoms with Crippen LogP contribution in [0.2, 0.25) is 5.02 Å². The van der Waals surface area contributed by atoms with Gasteiger partial charge in [-0.2, -0.15) is 15.3 Å². The molecule has 1 aliphatic carbocycles. The Labute approximate surface area is 155 Å². The lowest BCUT2D eigenvalue weighted by molar-refractivity contribution is 0.966. The smallest absolute Gasteiger partial charge is 0.229 e. The number of aromatic nitrogens is 4. The molecule has 0 unspecified atom stereocenters. The van der Waals surface area contributed by atoms with Gasteiger partial charge in [0.05, 0.1) is 18.7 Å². The number of hydrogen-bond acceptors (Lipinski definition) is 6. The monoisotopic (exact) mass is 365 g/mol. The molecular weight excluding hydrogens is 350 g/mol. The number of rotatable bonds is 6. The van der Waals surface area contributed by atoms with Crippen molar-refractivity contribution in [2.45, 2.75) is 25.2 Å². The SMILES string of the molecule is N#CCc1ccc(Nc2ncc(Cl)c(Nc3cc(C4CC4)[nH]n3)n2)cc1. The molecule has 3 N–H and O–H groups in total. The lowest BCUT2D eigenvalue weighted by Crippen LogP contribution is -2.01. The molecule has 3 aromatic rings. The number of H-pyrrole nitrogens is 1. The van der Waals surface area contributed by atoms with Crippen LogP contribution in [-0.4, -0.2) is 20.2 Å². The van der Waals surface area contributed by atoms with Crippen LogP contribution in [0, 0.1) is 11.3 Å². The minimum absolute atomic E-state index is 0.387. The summed E-state index contributed by atoms with van der Waals surface area (Å²) in [6, 6.07) is 11.7. The zero-order valence-corrected chi connectivity index (χ0v) is 14.6. The van der Waals surface area contributed by atoms with E-state index in [-0.39, 0.29) is 0 Å². The Morgan fingerprint density at radius 3 is 2.77 bits per heavy atom. The predicted octanol–water partition coefficient (Wildman–Crippen LogP) is 4.28. The predicted molar refractivity (Wildman–Crippen MR) is 99.9 cm³/mol. The zero-order valence-electron chi connectivity index (χ0n) is 13.8. The van der Waals surface area contributed by atoms with E-state index in [0.717, 1.165) is 16.9 Å². The van der Waals surface area contributed by atoms with Gasteiger partial charge in [0, 0.05) is 23.4 Å². The van der Waals surface area contributed by atoms with E-state index < -0.39 is 0 Å². The lowest BCUT2D eigenvalue weighted by Gasteiger charge is -2.09. The van der Waals surface area contributed by atoms with Crippen LogP contribution in [0.3, 0.4) is 0 Å². The van der Waals surface area contributed by atoms with Crippen LogP contribution in [0.15, 0.2) is 36.5 Å². The van der Waals surface area contributed by atoms with Crippen LogP contribution >= 0.6 is 11.6 Å². The van der Waals surface area contributed by atoms with Crippen LogP contribution in [0.5, 0.6) is 0 Å². The average Bonchev–Trinajstić information content (AvgIpc) is 3.39. The molecule has 8 heteroatoms. The van der Waals surface area contributed by atoms with Gasteiger partial charge in [-0.05, 0) is 30.5 Å². The molecule has 1 aromatic carbocycles. The molecule has 0 saturated heterocycles. The largest absolute Gasteiger partial charge is 0.324 e. The summed E-state index contributed by atoms with van der Waals surface area (Å²) in [4.78, 5) is 8.62. The summed E-state index contributed by atoms with van der Waals surface area (Å²) < 4.78 is 0. The number of nitrogens with one attached hydrogen (secondary N) is 3. The zero-order chi connectivity index (χ0) is 17.9. The quantitative estimate of drug-likeness (QED) is 0.602. The van der Waals surface area contributed by atoms with E-state index in [2.05, 4.69) is 36.9 Å². The Kier molecular flexibility index (Phi) is 4.42. The third-order valence-electron chi connectivity index (χ3n) is 4.10. The summed E-state index contributed by atoms with van der Waals surface area (Å²) in [6.07, 6.45) is 4.34. The first-order chi connectivity index (χ1) is 12.7. The molecule has 7 nitrogen and oxygen atoms in total. The fourth-order valence-electron chi connectivity index (χ4n) is 2.57. The summed E-state index contributed by atoms with van der Waals surface area (Å²) in [5, 5.41) is 22.7. The number of nitrogens with zero attached hydrogens (tertiary/aromatic N) is 4. The third kappa shape index (κ3) is 3.76. The highest BCUT2D eigenvalue weighted by molar-refractivity contribution is 6.32. The Morgan fingerprint density at radius 2 is 2.04 bits per heavy atom. The molecule has 0 amide bonds. The van der Waals surface area contributed by atoms with Crippen molar-refractivity contribution in [1.82, 2.24) is 20.2 Å². The van der Waals surface area contributed by atoms with Crippen molar-refractivity contribution in [1.29, 1.82) is 5.26 Å². The first-order valence-corrected chi connectivity index (χ1v) is 8.67. The van der Waals surface area contributed by atoms with Gasteiger partial charge >= 0.3 is 0 Å². The molecule has 1 fully saturated rings. The van der Waals surface area contributed by atoms with Gasteiger partial charge in [0.1, 0.15) is 5.02 Å². The van der Waals surface area contributed by atoms with Crippen LogP contribution in [0.4, 0.5) is 23.3 Å². The van der Waals surface area contributed by atoms with Gasteiger partial charge < -0.3 is 10.6 Å². The first kappa shape index (κ1) is 16.4. The van der Waals surface area contributed by atoms with E-state index in [4.69, 9.17) is 16.9 Å².